The number of nitrogens with zero attached hydrogens (tertiary/aromatic N) is 1. The number of phenols is 1. The fourth-order valence-electron chi connectivity index (χ4n) is 6.89. The Morgan fingerprint density at radius 1 is 1.17 bits per heavy atom. The van der Waals surface area contributed by atoms with E-state index in [1.807, 2.05) is 41.8 Å². The zero-order valence-electron chi connectivity index (χ0n) is 20.7. The lowest BCUT2D eigenvalue weighted by molar-refractivity contribution is -0.928. The second kappa shape index (κ2) is 8.54. The average molecular weight is 567 g/mol. The van der Waals surface area contributed by atoms with E-state index in [-0.39, 0.29) is 5.75 Å². The van der Waals surface area contributed by atoms with Crippen molar-refractivity contribution in [2.75, 3.05) is 6.54 Å². The number of hydrogen-bond donors (Lipinski definition) is 2. The lowest BCUT2D eigenvalue weighted by Crippen LogP contribution is -3.12. The van der Waals surface area contributed by atoms with Crippen molar-refractivity contribution in [3.05, 3.63) is 68.3 Å². The van der Waals surface area contributed by atoms with Crippen molar-refractivity contribution in [3.63, 3.8) is 0 Å². The number of fused-ring (bicyclic) bond motifs is 3. The lowest BCUT2D eigenvalue weighted by Gasteiger charge is -2.37. The monoisotopic (exact) mass is 565 g/mol. The highest BCUT2D eigenvalue weighted by Crippen LogP contribution is 2.47. The van der Waals surface area contributed by atoms with E-state index in [1.165, 1.54) is 35.5 Å². The van der Waals surface area contributed by atoms with Crippen LogP contribution in [0.25, 0.3) is 32.8 Å². The van der Waals surface area contributed by atoms with Gasteiger partial charge in [-0.2, -0.15) is 0 Å². The van der Waals surface area contributed by atoms with Crippen LogP contribution in [0.2, 0.25) is 0 Å². The molecule has 36 heavy (non-hydrogen) atoms. The average Bonchev–Trinajstić information content (AvgIpc) is 3.37. The van der Waals surface area contributed by atoms with Crippen LogP contribution in [-0.2, 0) is 6.54 Å². The molecular weight excluding hydrogens is 536 g/mol. The minimum atomic E-state index is -0.422. The summed E-state index contributed by atoms with van der Waals surface area (Å²) in [5.74, 6) is 0.198. The second-order valence-electron chi connectivity index (χ2n) is 11.7. The molecule has 7 heteroatoms. The van der Waals surface area contributed by atoms with E-state index in [1.54, 1.807) is 6.07 Å². The summed E-state index contributed by atoms with van der Waals surface area (Å²) in [6.45, 7) is 8.89. The Hall–Kier alpha value is -2.48. The first-order valence-electron chi connectivity index (χ1n) is 12.4. The molecule has 6 rings (SSSR count). The largest absolute Gasteiger partial charge is 0.507 e. The Balaban J connectivity index is 1.35. The number of hydrogen-bond acceptors (Lipinski definition) is 5. The van der Waals surface area contributed by atoms with Crippen molar-refractivity contribution in [1.82, 2.24) is 4.98 Å². The molecule has 1 aliphatic carbocycles. The van der Waals surface area contributed by atoms with E-state index >= 15 is 0 Å². The molecule has 2 N–H and O–H groups in total. The maximum Gasteiger partial charge on any atom is 0.346 e. The van der Waals surface area contributed by atoms with E-state index in [0.29, 0.717) is 39.6 Å². The number of aromatic nitrogens is 1. The molecule has 186 valence electrons. The molecule has 2 fully saturated rings. The molecule has 3 heterocycles. The Morgan fingerprint density at radius 2 is 1.94 bits per heavy atom. The molecule has 2 aromatic carbocycles. The molecule has 4 aromatic rings. The van der Waals surface area contributed by atoms with Gasteiger partial charge in [-0.3, -0.25) is 0 Å². The van der Waals surface area contributed by atoms with Gasteiger partial charge in [0.2, 0.25) is 0 Å². The molecule has 0 spiro atoms. The van der Waals surface area contributed by atoms with E-state index in [9.17, 15) is 9.90 Å². The summed E-state index contributed by atoms with van der Waals surface area (Å²) < 4.78 is 6.92. The van der Waals surface area contributed by atoms with Gasteiger partial charge >= 0.3 is 5.63 Å². The number of nitrogens with one attached hydrogen (secondary N) is 1. The van der Waals surface area contributed by atoms with Crippen LogP contribution >= 0.6 is 27.3 Å². The van der Waals surface area contributed by atoms with Crippen LogP contribution < -0.4 is 10.5 Å². The zero-order chi connectivity index (χ0) is 25.2. The highest BCUT2D eigenvalue weighted by Gasteiger charge is 2.52. The van der Waals surface area contributed by atoms with Gasteiger partial charge in [-0.05, 0) is 42.2 Å². The molecule has 0 radical (unpaired) electrons. The van der Waals surface area contributed by atoms with Gasteiger partial charge in [-0.15, -0.1) is 11.3 Å². The Labute approximate surface area is 222 Å². The third kappa shape index (κ3) is 4.31. The molecule has 3 atom stereocenters. The molecule has 3 unspecified atom stereocenters. The minimum Gasteiger partial charge on any atom is -0.507 e. The highest BCUT2D eigenvalue weighted by molar-refractivity contribution is 9.10. The summed E-state index contributed by atoms with van der Waals surface area (Å²) in [7, 11) is 0. The van der Waals surface area contributed by atoms with Gasteiger partial charge in [-0.1, -0.05) is 48.8 Å². The van der Waals surface area contributed by atoms with Crippen molar-refractivity contribution in [2.45, 2.75) is 52.6 Å². The first kappa shape index (κ1) is 23.9. The standard InChI is InChI=1S/C29H29BrN2O3S/c1-28(2)11-20-12-29(3,15-28)16-32(20)13-22-24(33)9-6-18-10-21(27(34)35-25(18)22)26-31-23(14-36-26)17-4-7-19(30)8-5-17/h4-10,14,20,33H,11-13,15-16H2,1-3H3/p+1. The summed E-state index contributed by atoms with van der Waals surface area (Å²) in [5, 5.41) is 14.2. The molecule has 2 aromatic heterocycles. The molecule has 2 aliphatic rings. The fraction of sp³-hybridized carbons (Fsp3) is 0.379. The number of thiazole rings is 1. The molecule has 1 saturated carbocycles. The van der Waals surface area contributed by atoms with E-state index < -0.39 is 5.63 Å². The van der Waals surface area contributed by atoms with Crippen LogP contribution in [0.1, 0.15) is 45.6 Å². The van der Waals surface area contributed by atoms with E-state index in [0.717, 1.165) is 33.2 Å². The van der Waals surface area contributed by atoms with E-state index in [2.05, 4.69) is 36.7 Å². The predicted molar refractivity (Wildman–Crippen MR) is 147 cm³/mol. The number of quaternary nitrogens is 1. The first-order chi connectivity index (χ1) is 17.1. The van der Waals surface area contributed by atoms with Crippen molar-refractivity contribution in [2.24, 2.45) is 10.8 Å². The first-order valence-corrected chi connectivity index (χ1v) is 14.1. The third-order valence-corrected chi connectivity index (χ3v) is 9.34. The zero-order valence-corrected chi connectivity index (χ0v) is 23.1. The molecule has 2 bridgehead atoms. The van der Waals surface area contributed by atoms with Crippen LogP contribution in [0.3, 0.4) is 0 Å². The van der Waals surface area contributed by atoms with Crippen LogP contribution in [0.4, 0.5) is 0 Å². The Kier molecular flexibility index (Phi) is 5.67. The van der Waals surface area contributed by atoms with Gasteiger partial charge in [-0.25, -0.2) is 9.78 Å². The number of aromatic hydroxyl groups is 1. The van der Waals surface area contributed by atoms with Gasteiger partial charge in [0.25, 0.3) is 0 Å². The quantitative estimate of drug-likeness (QED) is 0.296. The van der Waals surface area contributed by atoms with Crippen molar-refractivity contribution < 1.29 is 14.4 Å². The summed E-state index contributed by atoms with van der Waals surface area (Å²) in [4.78, 5) is 19.4. The van der Waals surface area contributed by atoms with Gasteiger partial charge in [0.1, 0.15) is 17.3 Å². The smallest absolute Gasteiger partial charge is 0.346 e. The Bertz CT molecular complexity index is 1520. The van der Waals surface area contributed by atoms with Crippen LogP contribution in [-0.4, -0.2) is 22.7 Å². The van der Waals surface area contributed by atoms with Crippen molar-refractivity contribution in [3.8, 4) is 27.6 Å². The highest BCUT2D eigenvalue weighted by atomic mass is 79.9. The summed E-state index contributed by atoms with van der Waals surface area (Å²) in [6.07, 6.45) is 3.63. The van der Waals surface area contributed by atoms with Crippen molar-refractivity contribution in [1.29, 1.82) is 0 Å². The number of rotatable bonds is 4. The predicted octanol–water partition coefficient (Wildman–Crippen LogP) is 6.04. The maximum atomic E-state index is 13.1. The SMILES string of the molecule is CC1(C)CC2CC(C)(C[NH+]2Cc2c(O)ccc3cc(-c4nc(-c5ccc(Br)cc5)cs4)c(=O)oc23)C1. The normalized spacial score (nSPS) is 24.9. The third-order valence-electron chi connectivity index (χ3n) is 7.93. The second-order valence-corrected chi connectivity index (χ2v) is 13.5. The van der Waals surface area contributed by atoms with E-state index in [4.69, 9.17) is 9.40 Å². The molecule has 1 saturated heterocycles. The summed E-state index contributed by atoms with van der Waals surface area (Å²) in [5.41, 5.74) is 3.74. The topological polar surface area (TPSA) is 67.8 Å². The maximum absolute atomic E-state index is 13.1. The van der Waals surface area contributed by atoms with Crippen LogP contribution in [0, 0.1) is 10.8 Å². The van der Waals surface area contributed by atoms with Gasteiger partial charge in [0.15, 0.2) is 5.58 Å². The van der Waals surface area contributed by atoms with Gasteiger partial charge in [0, 0.05) is 39.1 Å². The minimum absolute atomic E-state index is 0.198. The van der Waals surface area contributed by atoms with Crippen LogP contribution in [0.15, 0.2) is 61.5 Å². The molecule has 5 nitrogen and oxygen atoms in total. The van der Waals surface area contributed by atoms with Crippen LogP contribution in [0.5, 0.6) is 5.75 Å². The fourth-order valence-corrected chi connectivity index (χ4v) is 7.98. The number of phenolic OH excluding ortho intramolecular Hbond substituents is 1. The molecule has 0 amide bonds. The summed E-state index contributed by atoms with van der Waals surface area (Å²) >= 11 is 4.89. The van der Waals surface area contributed by atoms with Gasteiger partial charge < -0.3 is 14.4 Å². The summed E-state index contributed by atoms with van der Waals surface area (Å²) in [6, 6.07) is 13.9. The number of benzene rings is 2. The number of likely N-dealkylation sites (tertiary alicyclic amines) is 1. The van der Waals surface area contributed by atoms with Crippen molar-refractivity contribution >= 4 is 38.2 Å². The lowest BCUT2D eigenvalue weighted by atomic mass is 9.65. The van der Waals surface area contributed by atoms with Gasteiger partial charge in [0.05, 0.1) is 29.4 Å². The molecular formula is C29H30BrN2O3S+. The molecule has 1 aliphatic heterocycles. The number of halogens is 1. The Morgan fingerprint density at radius 3 is 2.72 bits per heavy atom.